The molecule has 6 unspecified atom stereocenters. The molecule has 252 valence electrons. The molecule has 4 N–H and O–H groups in total. The van der Waals surface area contributed by atoms with Crippen molar-refractivity contribution in [3.8, 4) is 0 Å². The second-order valence-corrected chi connectivity index (χ2v) is 11.6. The van der Waals surface area contributed by atoms with Crippen molar-refractivity contribution in [1.29, 1.82) is 0 Å². The number of carbonyl (C=O) groups excluding carboxylic acids is 2. The number of unbranched alkanes of at least 4 members (excludes halogenated alkanes) is 13. The second-order valence-electron chi connectivity index (χ2n) is 11.6. The van der Waals surface area contributed by atoms with Gasteiger partial charge in [-0.2, -0.15) is 0 Å². The monoisotopic (exact) mass is 616 g/mol. The summed E-state index contributed by atoms with van der Waals surface area (Å²) in [4.78, 5) is 24.3. The van der Waals surface area contributed by atoms with Crippen LogP contribution in [-0.4, -0.2) is 89.0 Å². The SMILES string of the molecule is CCCCCCCC/C=C\CCCCCCCCCC(=O)OC(COC(=O)CCC)COC1OC(CO)C(O)C(O)C1O. The smallest absolute Gasteiger partial charge is 0.306 e. The van der Waals surface area contributed by atoms with Gasteiger partial charge in [0.1, 0.15) is 31.0 Å². The molecule has 0 aromatic heterocycles. The van der Waals surface area contributed by atoms with E-state index in [9.17, 15) is 30.0 Å². The highest BCUT2D eigenvalue weighted by atomic mass is 16.7. The van der Waals surface area contributed by atoms with E-state index in [4.69, 9.17) is 18.9 Å². The largest absolute Gasteiger partial charge is 0.462 e. The van der Waals surface area contributed by atoms with Crippen molar-refractivity contribution in [1.82, 2.24) is 0 Å². The molecular formula is C33H60O10. The summed E-state index contributed by atoms with van der Waals surface area (Å²) in [5, 5.41) is 39.4. The van der Waals surface area contributed by atoms with E-state index < -0.39 is 55.4 Å². The minimum absolute atomic E-state index is 0.225. The van der Waals surface area contributed by atoms with Crippen LogP contribution < -0.4 is 0 Å². The summed E-state index contributed by atoms with van der Waals surface area (Å²) < 4.78 is 21.5. The number of allylic oxidation sites excluding steroid dienone is 2. The molecular weight excluding hydrogens is 556 g/mol. The van der Waals surface area contributed by atoms with Gasteiger partial charge in [0.15, 0.2) is 12.4 Å². The first kappa shape index (κ1) is 39.5. The van der Waals surface area contributed by atoms with Crippen molar-refractivity contribution in [2.45, 2.75) is 166 Å². The highest BCUT2D eigenvalue weighted by Gasteiger charge is 2.44. The topological polar surface area (TPSA) is 152 Å². The molecule has 1 aliphatic heterocycles. The number of ether oxygens (including phenoxy) is 4. The van der Waals surface area contributed by atoms with Crippen LogP contribution in [-0.2, 0) is 28.5 Å². The zero-order valence-electron chi connectivity index (χ0n) is 26.7. The number of carbonyl (C=O) groups is 2. The van der Waals surface area contributed by atoms with E-state index in [1.54, 1.807) is 0 Å². The lowest BCUT2D eigenvalue weighted by Gasteiger charge is -2.39. The molecule has 10 heteroatoms. The third-order valence-electron chi connectivity index (χ3n) is 7.62. The van der Waals surface area contributed by atoms with E-state index in [0.717, 1.165) is 25.7 Å². The fourth-order valence-corrected chi connectivity index (χ4v) is 4.92. The molecule has 0 aliphatic carbocycles. The highest BCUT2D eigenvalue weighted by Crippen LogP contribution is 2.22. The van der Waals surface area contributed by atoms with Gasteiger partial charge in [0.25, 0.3) is 0 Å². The Morgan fingerprint density at radius 3 is 1.86 bits per heavy atom. The van der Waals surface area contributed by atoms with Crippen LogP contribution in [0, 0.1) is 0 Å². The minimum atomic E-state index is -1.59. The van der Waals surface area contributed by atoms with Gasteiger partial charge in [0, 0.05) is 12.8 Å². The van der Waals surface area contributed by atoms with Gasteiger partial charge >= 0.3 is 11.9 Å². The molecule has 1 fully saturated rings. The number of aliphatic hydroxyl groups is 4. The van der Waals surface area contributed by atoms with Gasteiger partial charge in [0.05, 0.1) is 13.2 Å². The highest BCUT2D eigenvalue weighted by molar-refractivity contribution is 5.70. The minimum Gasteiger partial charge on any atom is -0.462 e. The van der Waals surface area contributed by atoms with E-state index >= 15 is 0 Å². The van der Waals surface area contributed by atoms with Gasteiger partial charge in [-0.25, -0.2) is 0 Å². The van der Waals surface area contributed by atoms with Crippen molar-refractivity contribution >= 4 is 11.9 Å². The van der Waals surface area contributed by atoms with E-state index in [1.807, 2.05) is 6.92 Å². The lowest BCUT2D eigenvalue weighted by molar-refractivity contribution is -0.305. The maximum Gasteiger partial charge on any atom is 0.306 e. The maximum absolute atomic E-state index is 12.5. The summed E-state index contributed by atoms with van der Waals surface area (Å²) in [6, 6.07) is 0. The molecule has 1 aliphatic rings. The molecule has 0 amide bonds. The van der Waals surface area contributed by atoms with Crippen molar-refractivity contribution in [2.75, 3.05) is 19.8 Å². The molecule has 0 aromatic rings. The first-order valence-electron chi connectivity index (χ1n) is 16.8. The molecule has 0 aromatic carbocycles. The molecule has 0 spiro atoms. The van der Waals surface area contributed by atoms with Gasteiger partial charge in [0.2, 0.25) is 0 Å². The van der Waals surface area contributed by atoms with E-state index in [2.05, 4.69) is 19.1 Å². The Bertz CT molecular complexity index is 728. The molecule has 0 radical (unpaired) electrons. The summed E-state index contributed by atoms with van der Waals surface area (Å²) in [7, 11) is 0. The van der Waals surface area contributed by atoms with Crippen LogP contribution in [0.4, 0.5) is 0 Å². The lowest BCUT2D eigenvalue weighted by atomic mass is 9.99. The van der Waals surface area contributed by atoms with Gasteiger partial charge in [-0.05, 0) is 38.5 Å². The van der Waals surface area contributed by atoms with Crippen molar-refractivity contribution in [3.05, 3.63) is 12.2 Å². The summed E-state index contributed by atoms with van der Waals surface area (Å²) in [6.45, 7) is 3.00. The third-order valence-corrected chi connectivity index (χ3v) is 7.62. The average Bonchev–Trinajstić information content (AvgIpc) is 2.99. The van der Waals surface area contributed by atoms with Crippen LogP contribution in [0.3, 0.4) is 0 Å². The Morgan fingerprint density at radius 1 is 0.698 bits per heavy atom. The number of hydrogen-bond acceptors (Lipinski definition) is 10. The van der Waals surface area contributed by atoms with Gasteiger partial charge in [-0.15, -0.1) is 0 Å². The quantitative estimate of drug-likeness (QED) is 0.0601. The Labute approximate surface area is 259 Å². The van der Waals surface area contributed by atoms with Gasteiger partial charge in [-0.1, -0.05) is 90.2 Å². The fourth-order valence-electron chi connectivity index (χ4n) is 4.92. The number of hydrogen-bond donors (Lipinski definition) is 4. The van der Waals surface area contributed by atoms with Crippen molar-refractivity contribution in [2.24, 2.45) is 0 Å². The molecule has 1 saturated heterocycles. The van der Waals surface area contributed by atoms with E-state index in [-0.39, 0.29) is 26.1 Å². The van der Waals surface area contributed by atoms with Crippen LogP contribution >= 0.6 is 0 Å². The van der Waals surface area contributed by atoms with Crippen molar-refractivity contribution in [3.63, 3.8) is 0 Å². The first-order valence-corrected chi connectivity index (χ1v) is 16.8. The maximum atomic E-state index is 12.5. The number of rotatable bonds is 26. The van der Waals surface area contributed by atoms with Crippen LogP contribution in [0.15, 0.2) is 12.2 Å². The van der Waals surface area contributed by atoms with Gasteiger partial charge in [-0.3, -0.25) is 9.59 Å². The number of esters is 2. The summed E-state index contributed by atoms with van der Waals surface area (Å²) in [6.07, 6.45) is 15.4. The summed E-state index contributed by atoms with van der Waals surface area (Å²) >= 11 is 0. The fraction of sp³-hybridized carbons (Fsp3) is 0.879. The summed E-state index contributed by atoms with van der Waals surface area (Å²) in [5.41, 5.74) is 0. The van der Waals surface area contributed by atoms with Crippen LogP contribution in [0.25, 0.3) is 0 Å². The second kappa shape index (κ2) is 25.7. The Kier molecular flexibility index (Phi) is 23.6. The normalized spacial score (nSPS) is 23.0. The Hall–Kier alpha value is -1.56. The van der Waals surface area contributed by atoms with Crippen LogP contribution in [0.1, 0.15) is 129 Å². The van der Waals surface area contributed by atoms with Crippen molar-refractivity contribution < 1.29 is 49.0 Å². The first-order chi connectivity index (χ1) is 20.8. The average molecular weight is 617 g/mol. The zero-order chi connectivity index (χ0) is 31.7. The summed E-state index contributed by atoms with van der Waals surface area (Å²) in [5.74, 6) is -0.873. The molecule has 1 rings (SSSR count). The standard InChI is InChI=1S/C33H60O10/c1-3-5-6-7-8-9-10-11-12-13-14-15-16-17-18-19-20-22-29(36)42-26(24-40-28(35)21-4-2)25-41-33-32(39)31(38)30(37)27(23-34)43-33/h11-12,26-27,30-34,37-39H,3-10,13-25H2,1-2H3/b12-11-. The van der Waals surface area contributed by atoms with Crippen LogP contribution in [0.5, 0.6) is 0 Å². The molecule has 6 atom stereocenters. The van der Waals surface area contributed by atoms with E-state index in [0.29, 0.717) is 12.8 Å². The molecule has 1 heterocycles. The van der Waals surface area contributed by atoms with Gasteiger partial charge < -0.3 is 39.4 Å². The lowest BCUT2D eigenvalue weighted by Crippen LogP contribution is -2.59. The Balaban J connectivity index is 2.24. The zero-order valence-corrected chi connectivity index (χ0v) is 26.7. The third kappa shape index (κ3) is 18.8. The predicted molar refractivity (Wildman–Crippen MR) is 164 cm³/mol. The van der Waals surface area contributed by atoms with E-state index in [1.165, 1.54) is 64.2 Å². The molecule has 0 bridgehead atoms. The number of aliphatic hydroxyl groups excluding tert-OH is 4. The molecule has 0 saturated carbocycles. The molecule has 43 heavy (non-hydrogen) atoms. The van der Waals surface area contributed by atoms with Crippen LogP contribution in [0.2, 0.25) is 0 Å². The predicted octanol–water partition coefficient (Wildman–Crippen LogP) is 4.88. The molecule has 10 nitrogen and oxygen atoms in total. The Morgan fingerprint density at radius 2 is 1.28 bits per heavy atom.